The number of likely N-dealkylation sites (tertiary alicyclic amines) is 1. The molecule has 2 aliphatic rings. The van der Waals surface area contributed by atoms with E-state index in [1.807, 2.05) is 11.8 Å². The Balaban J connectivity index is 1.36. The lowest BCUT2D eigenvalue weighted by molar-refractivity contribution is -0.134. The molecule has 0 spiro atoms. The third-order valence-corrected chi connectivity index (χ3v) is 5.01. The van der Waals surface area contributed by atoms with Crippen molar-refractivity contribution in [2.75, 3.05) is 19.7 Å². The number of carbonyl (C=O) groups excluding carboxylic acids is 1. The van der Waals surface area contributed by atoms with E-state index >= 15 is 0 Å². The smallest absolute Gasteiger partial charge is 0.267 e. The molecule has 0 bridgehead atoms. The fourth-order valence-electron chi connectivity index (χ4n) is 3.49. The van der Waals surface area contributed by atoms with Gasteiger partial charge in [-0.15, -0.1) is 10.2 Å². The summed E-state index contributed by atoms with van der Waals surface area (Å²) in [7, 11) is 0. The molecule has 0 saturated carbocycles. The van der Waals surface area contributed by atoms with Crippen LogP contribution in [0.1, 0.15) is 49.6 Å². The van der Waals surface area contributed by atoms with E-state index in [-0.39, 0.29) is 17.9 Å². The van der Waals surface area contributed by atoms with E-state index in [1.54, 1.807) is 12.4 Å². The van der Waals surface area contributed by atoms with Crippen LogP contribution in [0.25, 0.3) is 11.6 Å². The minimum absolute atomic E-state index is 0.0745. The van der Waals surface area contributed by atoms with E-state index in [0.29, 0.717) is 30.4 Å². The number of carbonyl (C=O) groups is 1. The summed E-state index contributed by atoms with van der Waals surface area (Å²) < 4.78 is 11.5. The van der Waals surface area contributed by atoms with Crippen molar-refractivity contribution in [3.63, 3.8) is 0 Å². The lowest BCUT2D eigenvalue weighted by Crippen LogP contribution is -2.33. The van der Waals surface area contributed by atoms with Crippen LogP contribution in [0.3, 0.4) is 0 Å². The molecule has 0 aromatic carbocycles. The van der Waals surface area contributed by atoms with Gasteiger partial charge in [0.2, 0.25) is 11.8 Å². The van der Waals surface area contributed by atoms with Crippen LogP contribution in [-0.4, -0.2) is 56.8 Å². The zero-order valence-corrected chi connectivity index (χ0v) is 14.9. The number of hydrogen-bond acceptors (Lipinski definition) is 7. The molecule has 26 heavy (non-hydrogen) atoms. The van der Waals surface area contributed by atoms with Crippen LogP contribution in [0.4, 0.5) is 0 Å². The number of hydrogen-bond donors (Lipinski definition) is 0. The second-order valence-electron chi connectivity index (χ2n) is 7.01. The number of nitrogens with zero attached hydrogens (tertiary/aromatic N) is 5. The molecule has 0 aliphatic carbocycles. The quantitative estimate of drug-likeness (QED) is 0.827. The summed E-state index contributed by atoms with van der Waals surface area (Å²) in [5.74, 6) is 1.16. The zero-order chi connectivity index (χ0) is 17.9. The summed E-state index contributed by atoms with van der Waals surface area (Å²) in [4.78, 5) is 22.9. The van der Waals surface area contributed by atoms with E-state index in [0.717, 1.165) is 44.5 Å². The van der Waals surface area contributed by atoms with Gasteiger partial charge in [-0.05, 0) is 32.6 Å². The molecule has 4 heterocycles. The normalized spacial score (nSPS) is 23.3. The largest absolute Gasteiger partial charge is 0.419 e. The first-order chi connectivity index (χ1) is 12.7. The zero-order valence-electron chi connectivity index (χ0n) is 14.9. The average Bonchev–Trinajstić information content (AvgIpc) is 3.33. The molecular formula is C18H23N5O3. The SMILES string of the molecule is Cc1cnc(-c2nnc([C@@H]3CCN(C(=O)C[C@H]4CCCCO4)C3)o2)cn1. The molecule has 0 N–H and O–H groups in total. The van der Waals surface area contributed by atoms with Gasteiger partial charge in [0.1, 0.15) is 5.69 Å². The van der Waals surface area contributed by atoms with Gasteiger partial charge in [0.15, 0.2) is 0 Å². The van der Waals surface area contributed by atoms with Gasteiger partial charge in [0.05, 0.1) is 30.3 Å². The van der Waals surface area contributed by atoms with E-state index in [9.17, 15) is 4.79 Å². The van der Waals surface area contributed by atoms with Gasteiger partial charge in [-0.2, -0.15) is 0 Å². The molecule has 2 aliphatic heterocycles. The van der Waals surface area contributed by atoms with Crippen LogP contribution >= 0.6 is 0 Å². The van der Waals surface area contributed by atoms with Gasteiger partial charge >= 0.3 is 0 Å². The molecule has 0 radical (unpaired) electrons. The first kappa shape index (κ1) is 17.1. The Bertz CT molecular complexity index is 754. The maximum Gasteiger partial charge on any atom is 0.267 e. The average molecular weight is 357 g/mol. The molecule has 1 amide bonds. The highest BCUT2D eigenvalue weighted by Gasteiger charge is 2.32. The van der Waals surface area contributed by atoms with E-state index in [2.05, 4.69) is 20.2 Å². The highest BCUT2D eigenvalue weighted by atomic mass is 16.5. The van der Waals surface area contributed by atoms with Gasteiger partial charge in [-0.25, -0.2) is 4.98 Å². The summed E-state index contributed by atoms with van der Waals surface area (Å²) in [5.41, 5.74) is 1.40. The molecular weight excluding hydrogens is 334 g/mol. The summed E-state index contributed by atoms with van der Waals surface area (Å²) in [6.07, 6.45) is 7.90. The molecule has 2 saturated heterocycles. The summed E-state index contributed by atoms with van der Waals surface area (Å²) in [6.45, 7) is 3.98. The van der Waals surface area contributed by atoms with Crippen LogP contribution in [-0.2, 0) is 9.53 Å². The first-order valence-corrected chi connectivity index (χ1v) is 9.21. The van der Waals surface area contributed by atoms with Crippen molar-refractivity contribution < 1.29 is 13.9 Å². The molecule has 2 aromatic heterocycles. The number of ether oxygens (including phenoxy) is 1. The van der Waals surface area contributed by atoms with E-state index in [4.69, 9.17) is 9.15 Å². The van der Waals surface area contributed by atoms with Crippen molar-refractivity contribution in [2.45, 2.75) is 51.0 Å². The predicted molar refractivity (Wildman–Crippen MR) is 92.2 cm³/mol. The second kappa shape index (κ2) is 7.49. The maximum atomic E-state index is 12.5. The lowest BCUT2D eigenvalue weighted by atomic mass is 10.1. The Morgan fingerprint density at radius 3 is 2.92 bits per heavy atom. The topological polar surface area (TPSA) is 94.2 Å². The van der Waals surface area contributed by atoms with E-state index < -0.39 is 0 Å². The van der Waals surface area contributed by atoms with Crippen LogP contribution in [0.5, 0.6) is 0 Å². The Kier molecular flexibility index (Phi) is 4.92. The predicted octanol–water partition coefficient (Wildman–Crippen LogP) is 2.11. The van der Waals surface area contributed by atoms with Crippen LogP contribution in [0, 0.1) is 6.92 Å². The Morgan fingerprint density at radius 1 is 1.23 bits per heavy atom. The highest BCUT2D eigenvalue weighted by Crippen LogP contribution is 2.29. The highest BCUT2D eigenvalue weighted by molar-refractivity contribution is 5.77. The molecule has 2 atom stereocenters. The van der Waals surface area contributed by atoms with Gasteiger partial charge in [0, 0.05) is 25.9 Å². The van der Waals surface area contributed by atoms with Crippen LogP contribution in [0.15, 0.2) is 16.8 Å². The maximum absolute atomic E-state index is 12.5. The third-order valence-electron chi connectivity index (χ3n) is 5.01. The van der Waals surface area contributed by atoms with Crippen LogP contribution < -0.4 is 0 Å². The molecule has 0 unspecified atom stereocenters. The van der Waals surface area contributed by atoms with Crippen molar-refractivity contribution in [3.8, 4) is 11.6 Å². The number of rotatable bonds is 4. The van der Waals surface area contributed by atoms with Gasteiger partial charge in [0.25, 0.3) is 5.89 Å². The van der Waals surface area contributed by atoms with Crippen LogP contribution in [0.2, 0.25) is 0 Å². The molecule has 8 heteroatoms. The number of aromatic nitrogens is 4. The molecule has 8 nitrogen and oxygen atoms in total. The molecule has 2 fully saturated rings. The van der Waals surface area contributed by atoms with Crippen molar-refractivity contribution in [2.24, 2.45) is 0 Å². The monoisotopic (exact) mass is 357 g/mol. The van der Waals surface area contributed by atoms with Gasteiger partial charge < -0.3 is 14.1 Å². The fourth-order valence-corrected chi connectivity index (χ4v) is 3.49. The molecule has 2 aromatic rings. The number of amides is 1. The van der Waals surface area contributed by atoms with Gasteiger partial charge in [-0.1, -0.05) is 0 Å². The Labute approximate surface area is 152 Å². The van der Waals surface area contributed by atoms with Crippen molar-refractivity contribution >= 4 is 5.91 Å². The van der Waals surface area contributed by atoms with E-state index in [1.165, 1.54) is 0 Å². The Hall–Kier alpha value is -2.35. The number of aryl methyl sites for hydroxylation is 1. The lowest BCUT2D eigenvalue weighted by Gasteiger charge is -2.24. The minimum atomic E-state index is 0.0745. The Morgan fingerprint density at radius 2 is 2.15 bits per heavy atom. The third kappa shape index (κ3) is 3.75. The van der Waals surface area contributed by atoms with Gasteiger partial charge in [-0.3, -0.25) is 9.78 Å². The second-order valence-corrected chi connectivity index (χ2v) is 7.01. The summed E-state index contributed by atoms with van der Waals surface area (Å²) >= 11 is 0. The summed E-state index contributed by atoms with van der Waals surface area (Å²) in [6, 6.07) is 0. The minimum Gasteiger partial charge on any atom is -0.419 e. The first-order valence-electron chi connectivity index (χ1n) is 9.21. The van der Waals surface area contributed by atoms with Crippen molar-refractivity contribution in [1.82, 2.24) is 25.1 Å². The molecule has 138 valence electrons. The molecule has 4 rings (SSSR count). The van der Waals surface area contributed by atoms with Crippen molar-refractivity contribution in [1.29, 1.82) is 0 Å². The fraction of sp³-hybridized carbons (Fsp3) is 0.611. The van der Waals surface area contributed by atoms with Crippen molar-refractivity contribution in [3.05, 3.63) is 24.0 Å². The standard InChI is InChI=1S/C18H23N5O3/c1-12-9-20-15(10-19-12)18-22-21-17(26-18)13-5-6-23(11-13)16(24)8-14-4-2-3-7-25-14/h9-10,13-14H,2-8,11H2,1H3/t13-,14-/m1/s1. The summed E-state index contributed by atoms with van der Waals surface area (Å²) in [5, 5.41) is 8.24.